The topological polar surface area (TPSA) is 58.5 Å². The van der Waals surface area contributed by atoms with E-state index in [1.165, 1.54) is 0 Å². The van der Waals surface area contributed by atoms with Gasteiger partial charge in [0, 0.05) is 11.1 Å². The van der Waals surface area contributed by atoms with Crippen molar-refractivity contribution in [3.8, 4) is 0 Å². The molecule has 1 aromatic carbocycles. The molecule has 120 valence electrons. The second-order valence-corrected chi connectivity index (χ2v) is 7.43. The molecule has 0 spiro atoms. The third-order valence-corrected chi connectivity index (χ3v) is 5.68. The summed E-state index contributed by atoms with van der Waals surface area (Å²) in [7, 11) is -3.60. The van der Waals surface area contributed by atoms with E-state index in [0.29, 0.717) is 0 Å². The smallest absolute Gasteiger partial charge is 0.200 e. The zero-order chi connectivity index (χ0) is 16.2. The largest absolute Gasteiger partial charge is 0.276 e. The summed E-state index contributed by atoms with van der Waals surface area (Å²) in [6.07, 6.45) is 7.90. The molecule has 0 heterocycles. The Morgan fingerprint density at radius 1 is 1.18 bits per heavy atom. The molecule has 1 aliphatic rings. The van der Waals surface area contributed by atoms with Crippen molar-refractivity contribution in [3.63, 3.8) is 0 Å². The Labute approximate surface area is 133 Å². The summed E-state index contributed by atoms with van der Waals surface area (Å²) >= 11 is 0. The monoisotopic (exact) mass is 320 g/mol. The first-order chi connectivity index (χ1) is 10.4. The lowest BCUT2D eigenvalue weighted by molar-refractivity contribution is 0.472. The Hall–Kier alpha value is -1.62. The van der Waals surface area contributed by atoms with Crippen LogP contribution in [0.5, 0.6) is 0 Å². The maximum absolute atomic E-state index is 12.3. The number of hydrogen-bond donors (Lipinski definition) is 1. The average molecular weight is 320 g/mol. The van der Waals surface area contributed by atoms with Gasteiger partial charge in [0.1, 0.15) is 0 Å². The summed E-state index contributed by atoms with van der Waals surface area (Å²) in [4.78, 5) is 2.66. The summed E-state index contributed by atoms with van der Waals surface area (Å²) in [5, 5.41) is 4.28. The predicted octanol–water partition coefficient (Wildman–Crippen LogP) is 3.79. The van der Waals surface area contributed by atoms with Gasteiger partial charge in [0.2, 0.25) is 0 Å². The fourth-order valence-electron chi connectivity index (χ4n) is 2.82. The number of allylic oxidation sites excluding steroid dienone is 2. The third kappa shape index (κ3) is 3.40. The lowest BCUT2D eigenvalue weighted by atomic mass is 9.73. The van der Waals surface area contributed by atoms with Gasteiger partial charge in [-0.05, 0) is 44.7 Å². The second kappa shape index (κ2) is 6.65. The number of rotatable bonds is 5. The number of aryl methyl sites for hydroxylation is 1. The van der Waals surface area contributed by atoms with Crippen LogP contribution in [-0.2, 0) is 10.0 Å². The molecule has 1 N–H and O–H groups in total. The van der Waals surface area contributed by atoms with Crippen LogP contribution in [0.3, 0.4) is 0 Å². The normalized spacial score (nSPS) is 19.3. The Morgan fingerprint density at radius 3 is 2.41 bits per heavy atom. The number of hydrogen-bond acceptors (Lipinski definition) is 3. The summed E-state index contributed by atoms with van der Waals surface area (Å²) in [5.74, 6) is 0. The minimum absolute atomic E-state index is 0.117. The minimum atomic E-state index is -3.60. The quantitative estimate of drug-likeness (QED) is 0.663. The first-order valence-corrected chi connectivity index (χ1v) is 9.25. The van der Waals surface area contributed by atoms with Gasteiger partial charge in [-0.25, -0.2) is 4.83 Å². The van der Waals surface area contributed by atoms with Crippen LogP contribution in [0.25, 0.3) is 0 Å². The van der Waals surface area contributed by atoms with E-state index in [1.807, 2.05) is 6.92 Å². The van der Waals surface area contributed by atoms with Crippen LogP contribution < -0.4 is 4.83 Å². The van der Waals surface area contributed by atoms with Crippen LogP contribution in [0.4, 0.5) is 0 Å². The zero-order valence-corrected chi connectivity index (χ0v) is 14.3. The van der Waals surface area contributed by atoms with Crippen LogP contribution >= 0.6 is 0 Å². The molecule has 0 fully saturated rings. The van der Waals surface area contributed by atoms with Gasteiger partial charge in [-0.2, -0.15) is 13.5 Å². The van der Waals surface area contributed by atoms with Crippen molar-refractivity contribution in [1.82, 2.24) is 4.83 Å². The van der Waals surface area contributed by atoms with Gasteiger partial charge < -0.3 is 0 Å². The summed E-state index contributed by atoms with van der Waals surface area (Å²) in [6.45, 7) is 6.15. The highest BCUT2D eigenvalue weighted by Gasteiger charge is 2.31. The Kier molecular flexibility index (Phi) is 5.06. The minimum Gasteiger partial charge on any atom is -0.200 e. The number of nitrogens with zero attached hydrogens (tertiary/aromatic N) is 1. The number of benzene rings is 1. The lowest BCUT2D eigenvalue weighted by Gasteiger charge is -2.32. The molecule has 0 atom stereocenters. The third-order valence-electron chi connectivity index (χ3n) is 4.45. The van der Waals surface area contributed by atoms with Crippen LogP contribution in [0.2, 0.25) is 0 Å². The zero-order valence-electron chi connectivity index (χ0n) is 13.5. The van der Waals surface area contributed by atoms with Crippen molar-refractivity contribution in [2.75, 3.05) is 0 Å². The molecule has 0 aromatic heterocycles. The maximum Gasteiger partial charge on any atom is 0.276 e. The van der Waals surface area contributed by atoms with Crippen molar-refractivity contribution in [2.24, 2.45) is 10.5 Å². The molecular weight excluding hydrogens is 296 g/mol. The number of hydrazone groups is 1. The average Bonchev–Trinajstić information content (AvgIpc) is 2.53. The predicted molar refractivity (Wildman–Crippen MR) is 90.3 cm³/mol. The highest BCUT2D eigenvalue weighted by Crippen LogP contribution is 2.35. The Morgan fingerprint density at radius 2 is 1.82 bits per heavy atom. The number of sulfonamides is 1. The summed E-state index contributed by atoms with van der Waals surface area (Å²) < 4.78 is 24.7. The molecule has 0 bridgehead atoms. The molecule has 0 unspecified atom stereocenters. The lowest BCUT2D eigenvalue weighted by Crippen LogP contribution is -2.33. The summed E-state index contributed by atoms with van der Waals surface area (Å²) in [5.41, 5.74) is 1.84. The van der Waals surface area contributed by atoms with Crippen LogP contribution in [0, 0.1) is 12.3 Å². The molecule has 1 aliphatic carbocycles. The highest BCUT2D eigenvalue weighted by molar-refractivity contribution is 7.89. The van der Waals surface area contributed by atoms with Crippen LogP contribution in [-0.4, -0.2) is 14.1 Å². The fourth-order valence-corrected chi connectivity index (χ4v) is 3.65. The van der Waals surface area contributed by atoms with E-state index in [1.54, 1.807) is 24.3 Å². The van der Waals surface area contributed by atoms with Gasteiger partial charge in [0.25, 0.3) is 10.0 Å². The molecule has 2 rings (SSSR count). The molecule has 5 heteroatoms. The standard InChI is InChI=1S/C17H24N2O2S/c1-4-17(5-2)13-7-6-8-16(17)18-19-22(20,21)15-11-9-14(3)10-12-15/h7,9-13,19H,4-6,8H2,1-3H3. The van der Waals surface area contributed by atoms with Gasteiger partial charge in [-0.15, -0.1) is 0 Å². The van der Waals surface area contributed by atoms with E-state index in [4.69, 9.17) is 0 Å². The fraction of sp³-hybridized carbons (Fsp3) is 0.471. The van der Waals surface area contributed by atoms with E-state index in [2.05, 4.69) is 35.9 Å². The summed E-state index contributed by atoms with van der Waals surface area (Å²) in [6, 6.07) is 6.78. The molecule has 1 aromatic rings. The first kappa shape index (κ1) is 16.7. The van der Waals surface area contributed by atoms with E-state index in [-0.39, 0.29) is 10.3 Å². The molecule has 0 saturated heterocycles. The molecule has 0 radical (unpaired) electrons. The van der Waals surface area contributed by atoms with Crippen molar-refractivity contribution in [2.45, 2.75) is 51.3 Å². The van der Waals surface area contributed by atoms with Crippen LogP contribution in [0.1, 0.15) is 45.1 Å². The SMILES string of the molecule is CCC1(CC)C=CCCC1=NNS(=O)(=O)c1ccc(C)cc1. The maximum atomic E-state index is 12.3. The molecule has 0 amide bonds. The second-order valence-electron chi connectivity index (χ2n) is 5.77. The first-order valence-electron chi connectivity index (χ1n) is 7.77. The van der Waals surface area contributed by atoms with E-state index in [0.717, 1.165) is 37.0 Å². The van der Waals surface area contributed by atoms with E-state index in [9.17, 15) is 8.42 Å². The van der Waals surface area contributed by atoms with Crippen molar-refractivity contribution >= 4 is 15.7 Å². The van der Waals surface area contributed by atoms with E-state index < -0.39 is 10.0 Å². The van der Waals surface area contributed by atoms with Gasteiger partial charge in [0.15, 0.2) is 0 Å². The van der Waals surface area contributed by atoms with Gasteiger partial charge >= 0.3 is 0 Å². The molecule has 4 nitrogen and oxygen atoms in total. The molecule has 22 heavy (non-hydrogen) atoms. The van der Waals surface area contributed by atoms with Crippen molar-refractivity contribution in [3.05, 3.63) is 42.0 Å². The molecular formula is C17H24N2O2S. The van der Waals surface area contributed by atoms with Crippen molar-refractivity contribution in [1.29, 1.82) is 0 Å². The molecule has 0 aliphatic heterocycles. The molecule has 0 saturated carbocycles. The Bertz CT molecular complexity index is 669. The van der Waals surface area contributed by atoms with Crippen molar-refractivity contribution < 1.29 is 8.42 Å². The highest BCUT2D eigenvalue weighted by atomic mass is 32.2. The van der Waals surface area contributed by atoms with Crippen LogP contribution in [0.15, 0.2) is 46.4 Å². The van der Waals surface area contributed by atoms with Gasteiger partial charge in [-0.3, -0.25) is 0 Å². The van der Waals surface area contributed by atoms with Gasteiger partial charge in [0.05, 0.1) is 4.90 Å². The Balaban J connectivity index is 2.26. The van der Waals surface area contributed by atoms with Gasteiger partial charge in [-0.1, -0.05) is 43.7 Å². The number of nitrogens with one attached hydrogen (secondary N) is 1. The van der Waals surface area contributed by atoms with E-state index >= 15 is 0 Å².